The zero-order valence-electron chi connectivity index (χ0n) is 22.1. The van der Waals surface area contributed by atoms with Crippen molar-refractivity contribution >= 4 is 17.5 Å². The van der Waals surface area contributed by atoms with Gasteiger partial charge in [0.15, 0.2) is 0 Å². The normalized spacial score (nSPS) is 21.5. The third-order valence-corrected chi connectivity index (χ3v) is 7.97. The molecule has 2 N–H and O–H groups in total. The molecule has 0 aromatic carbocycles. The minimum atomic E-state index is -2.64. The lowest BCUT2D eigenvalue weighted by Gasteiger charge is -2.36. The number of piperidine rings is 1. The van der Waals surface area contributed by atoms with Crippen LogP contribution in [-0.2, 0) is 11.3 Å². The topological polar surface area (TPSA) is 88.0 Å². The number of anilines is 2. The van der Waals surface area contributed by atoms with E-state index in [0.717, 1.165) is 31.8 Å². The fraction of sp³-hybridized carbons (Fsp3) is 0.704. The van der Waals surface area contributed by atoms with Gasteiger partial charge in [0.2, 0.25) is 12.3 Å². The molecule has 10 heteroatoms. The number of nitrogens with zero attached hydrogens (tertiary/aromatic N) is 5. The Morgan fingerprint density at radius 2 is 1.84 bits per heavy atom. The molecule has 0 spiro atoms. The lowest BCUT2D eigenvalue weighted by molar-refractivity contribution is -0.117. The fourth-order valence-electron chi connectivity index (χ4n) is 6.05. The van der Waals surface area contributed by atoms with Gasteiger partial charge in [-0.15, -0.1) is 0 Å². The van der Waals surface area contributed by atoms with Crippen molar-refractivity contribution in [1.29, 1.82) is 0 Å². The molecule has 2 fully saturated rings. The number of alkyl halides is 2. The zero-order valence-corrected chi connectivity index (χ0v) is 22.1. The van der Waals surface area contributed by atoms with Gasteiger partial charge in [-0.05, 0) is 46.5 Å². The van der Waals surface area contributed by atoms with E-state index in [2.05, 4.69) is 57.0 Å². The van der Waals surface area contributed by atoms with Crippen LogP contribution in [0.5, 0.6) is 0 Å². The van der Waals surface area contributed by atoms with E-state index in [1.54, 1.807) is 0 Å². The molecule has 0 bridgehead atoms. The molecule has 5 rings (SSSR count). The maximum absolute atomic E-state index is 13.9. The van der Waals surface area contributed by atoms with Crippen molar-refractivity contribution in [3.05, 3.63) is 29.6 Å². The van der Waals surface area contributed by atoms with Crippen LogP contribution in [0.25, 0.3) is 0 Å². The molecule has 1 aliphatic carbocycles. The molecular formula is C27H39F2N7O. The number of rotatable bonds is 7. The summed E-state index contributed by atoms with van der Waals surface area (Å²) in [6.07, 6.45) is 7.49. The monoisotopic (exact) mass is 515 g/mol. The molecule has 1 atom stereocenters. The van der Waals surface area contributed by atoms with Crippen LogP contribution in [0.4, 0.5) is 20.4 Å². The number of nitrogens with one attached hydrogen (secondary N) is 2. The summed E-state index contributed by atoms with van der Waals surface area (Å²) in [5.41, 5.74) is 1.66. The van der Waals surface area contributed by atoms with Crippen molar-refractivity contribution in [2.45, 2.75) is 102 Å². The molecule has 2 aromatic rings. The number of imidazole rings is 1. The molecule has 2 aliphatic heterocycles. The Kier molecular flexibility index (Phi) is 7.47. The fourth-order valence-corrected chi connectivity index (χ4v) is 6.05. The minimum Gasteiger partial charge on any atom is -0.356 e. The number of hydrogen-bond acceptors (Lipinski definition) is 6. The molecule has 8 nitrogen and oxygen atoms in total. The molecule has 0 radical (unpaired) electrons. The van der Waals surface area contributed by atoms with E-state index in [-0.39, 0.29) is 17.8 Å². The zero-order chi connectivity index (χ0) is 26.2. The summed E-state index contributed by atoms with van der Waals surface area (Å²) >= 11 is 0. The first kappa shape index (κ1) is 26.0. The summed E-state index contributed by atoms with van der Waals surface area (Å²) in [5.74, 6) is 1.16. The number of carbonyl (C=O) groups is 1. The second-order valence-corrected chi connectivity index (χ2v) is 11.8. The quantitative estimate of drug-likeness (QED) is 0.551. The largest absolute Gasteiger partial charge is 0.356 e. The highest BCUT2D eigenvalue weighted by Crippen LogP contribution is 2.42. The SMILES string of the molecule is CC(C)(C)NCCn1cc(C2CCCC2)nc1C1CCN(c2ncnc3c2[C@H](C(F)F)CC(=O)N3)CC1. The van der Waals surface area contributed by atoms with E-state index in [1.165, 1.54) is 37.7 Å². The van der Waals surface area contributed by atoms with Crippen molar-refractivity contribution < 1.29 is 13.6 Å². The molecule has 1 saturated carbocycles. The van der Waals surface area contributed by atoms with Crippen LogP contribution in [0.1, 0.15) is 101 Å². The van der Waals surface area contributed by atoms with E-state index in [4.69, 9.17) is 4.98 Å². The van der Waals surface area contributed by atoms with E-state index < -0.39 is 18.3 Å². The first-order chi connectivity index (χ1) is 17.7. The van der Waals surface area contributed by atoms with Gasteiger partial charge in [0.05, 0.1) is 11.6 Å². The smallest absolute Gasteiger partial charge is 0.246 e. The van der Waals surface area contributed by atoms with Crippen LogP contribution in [0.2, 0.25) is 0 Å². The number of amides is 1. The number of halogens is 2. The second-order valence-electron chi connectivity index (χ2n) is 11.8. The Morgan fingerprint density at radius 1 is 1.11 bits per heavy atom. The summed E-state index contributed by atoms with van der Waals surface area (Å²) in [5, 5.41) is 6.25. The molecule has 2 aromatic heterocycles. The summed E-state index contributed by atoms with van der Waals surface area (Å²) in [6.45, 7) is 9.69. The van der Waals surface area contributed by atoms with Gasteiger partial charge in [-0.25, -0.2) is 23.7 Å². The Balaban J connectivity index is 1.33. The number of fused-ring (bicyclic) bond motifs is 1. The van der Waals surface area contributed by atoms with Crippen molar-refractivity contribution in [2.75, 3.05) is 29.9 Å². The van der Waals surface area contributed by atoms with Gasteiger partial charge < -0.3 is 20.1 Å². The van der Waals surface area contributed by atoms with Gasteiger partial charge >= 0.3 is 0 Å². The van der Waals surface area contributed by atoms with Crippen LogP contribution in [0, 0.1) is 0 Å². The predicted octanol–water partition coefficient (Wildman–Crippen LogP) is 4.79. The summed E-state index contributed by atoms with van der Waals surface area (Å²) < 4.78 is 30.1. The highest BCUT2D eigenvalue weighted by molar-refractivity contribution is 5.94. The van der Waals surface area contributed by atoms with Gasteiger partial charge in [-0.3, -0.25) is 4.79 Å². The molecule has 202 valence electrons. The van der Waals surface area contributed by atoms with E-state index in [1.807, 2.05) is 0 Å². The number of carbonyl (C=O) groups excluding carboxylic acids is 1. The van der Waals surface area contributed by atoms with Gasteiger partial charge in [0, 0.05) is 61.7 Å². The average molecular weight is 516 g/mol. The van der Waals surface area contributed by atoms with Crippen molar-refractivity contribution in [1.82, 2.24) is 24.8 Å². The molecule has 1 saturated heterocycles. The molecule has 0 unspecified atom stereocenters. The molecule has 3 aliphatic rings. The van der Waals surface area contributed by atoms with E-state index >= 15 is 0 Å². The van der Waals surface area contributed by atoms with E-state index in [9.17, 15) is 13.6 Å². The highest BCUT2D eigenvalue weighted by Gasteiger charge is 2.38. The summed E-state index contributed by atoms with van der Waals surface area (Å²) in [4.78, 5) is 27.7. The first-order valence-corrected chi connectivity index (χ1v) is 13.7. The van der Waals surface area contributed by atoms with Crippen LogP contribution in [0.15, 0.2) is 12.5 Å². The van der Waals surface area contributed by atoms with Crippen molar-refractivity contribution in [3.8, 4) is 0 Å². The average Bonchev–Trinajstić information content (AvgIpc) is 3.53. The van der Waals surface area contributed by atoms with Gasteiger partial charge in [-0.2, -0.15) is 0 Å². The van der Waals surface area contributed by atoms with Crippen molar-refractivity contribution in [2.24, 2.45) is 0 Å². The lowest BCUT2D eigenvalue weighted by Crippen LogP contribution is -2.38. The Morgan fingerprint density at radius 3 is 2.51 bits per heavy atom. The summed E-state index contributed by atoms with van der Waals surface area (Å²) in [6, 6.07) is 0. The predicted molar refractivity (Wildman–Crippen MR) is 139 cm³/mol. The Bertz CT molecular complexity index is 1100. The Labute approximate surface area is 217 Å². The van der Waals surface area contributed by atoms with Crippen LogP contribution in [-0.4, -0.2) is 57.0 Å². The molecule has 4 heterocycles. The van der Waals surface area contributed by atoms with Gasteiger partial charge in [-0.1, -0.05) is 12.8 Å². The standard InChI is InChI=1S/C27H39F2N7O/c1-27(2,3)32-10-13-36-15-20(17-6-4-5-7-17)33-25(36)18-8-11-35(12-9-18)26-22-19(23(28)29)14-21(37)34-24(22)30-16-31-26/h15-19,23,32H,4-14H2,1-3H3,(H,30,31,34,37)/t19-/m1/s1. The Hall–Kier alpha value is -2.62. The van der Waals surface area contributed by atoms with Crippen LogP contribution in [0.3, 0.4) is 0 Å². The van der Waals surface area contributed by atoms with Gasteiger partial charge in [0.1, 0.15) is 23.8 Å². The first-order valence-electron chi connectivity index (χ1n) is 13.7. The maximum atomic E-state index is 13.9. The second kappa shape index (κ2) is 10.6. The molecule has 37 heavy (non-hydrogen) atoms. The molecular weight excluding hydrogens is 476 g/mol. The minimum absolute atomic E-state index is 0.0621. The van der Waals surface area contributed by atoms with Gasteiger partial charge in [0.25, 0.3) is 0 Å². The maximum Gasteiger partial charge on any atom is 0.246 e. The summed E-state index contributed by atoms with van der Waals surface area (Å²) in [7, 11) is 0. The third-order valence-electron chi connectivity index (χ3n) is 7.97. The lowest BCUT2D eigenvalue weighted by atomic mass is 9.91. The third kappa shape index (κ3) is 5.78. The van der Waals surface area contributed by atoms with Crippen molar-refractivity contribution in [3.63, 3.8) is 0 Å². The molecule has 1 amide bonds. The van der Waals surface area contributed by atoms with Crippen LogP contribution < -0.4 is 15.5 Å². The number of aromatic nitrogens is 4. The van der Waals surface area contributed by atoms with Crippen LogP contribution >= 0.6 is 0 Å². The number of hydrogen-bond donors (Lipinski definition) is 2. The highest BCUT2D eigenvalue weighted by atomic mass is 19.3. The van der Waals surface area contributed by atoms with E-state index in [0.29, 0.717) is 36.3 Å².